The van der Waals surface area contributed by atoms with E-state index in [1.807, 2.05) is 53.4 Å². The van der Waals surface area contributed by atoms with Crippen LogP contribution in [0.25, 0.3) is 0 Å². The number of aromatic nitrogens is 1. The van der Waals surface area contributed by atoms with E-state index in [9.17, 15) is 9.90 Å². The van der Waals surface area contributed by atoms with Gasteiger partial charge in [-0.15, -0.1) is 0 Å². The highest BCUT2D eigenvalue weighted by atomic mass is 16.3. The average Bonchev–Trinajstić information content (AvgIpc) is 2.67. The summed E-state index contributed by atoms with van der Waals surface area (Å²) in [5.74, 6) is 0.417. The van der Waals surface area contributed by atoms with Gasteiger partial charge in [-0.3, -0.25) is 9.78 Å². The minimum Gasteiger partial charge on any atom is -0.388 e. The molecule has 24 heavy (non-hydrogen) atoms. The molecular formula is C20H24N2O2. The number of benzene rings is 1. The maximum absolute atomic E-state index is 12.4. The van der Waals surface area contributed by atoms with Gasteiger partial charge in [0.05, 0.1) is 6.10 Å². The molecule has 1 atom stereocenters. The second-order valence-corrected chi connectivity index (χ2v) is 6.39. The first-order chi connectivity index (χ1) is 11.7. The van der Waals surface area contributed by atoms with E-state index in [0.717, 1.165) is 37.2 Å². The highest BCUT2D eigenvalue weighted by Crippen LogP contribution is 2.30. The predicted octanol–water partition coefficient (Wildman–Crippen LogP) is 2.99. The van der Waals surface area contributed by atoms with Crippen molar-refractivity contribution in [2.45, 2.75) is 31.8 Å². The summed E-state index contributed by atoms with van der Waals surface area (Å²) in [6.07, 6.45) is 4.22. The number of likely N-dealkylation sites (tertiary alicyclic amines) is 1. The largest absolute Gasteiger partial charge is 0.388 e. The van der Waals surface area contributed by atoms with Gasteiger partial charge in [0.25, 0.3) is 0 Å². The lowest BCUT2D eigenvalue weighted by Crippen LogP contribution is -2.39. The van der Waals surface area contributed by atoms with E-state index in [1.54, 1.807) is 6.20 Å². The first-order valence-corrected chi connectivity index (χ1v) is 8.65. The molecule has 1 aromatic carbocycles. The van der Waals surface area contributed by atoms with Crippen molar-refractivity contribution in [2.24, 2.45) is 5.92 Å². The molecule has 2 aromatic rings. The number of piperidine rings is 1. The Kier molecular flexibility index (Phi) is 5.59. The summed E-state index contributed by atoms with van der Waals surface area (Å²) in [5, 5.41) is 10.5. The molecular weight excluding hydrogens is 300 g/mol. The molecule has 1 aromatic heterocycles. The normalized spacial score (nSPS) is 16.8. The van der Waals surface area contributed by atoms with Crippen LogP contribution in [0.5, 0.6) is 0 Å². The zero-order valence-corrected chi connectivity index (χ0v) is 13.8. The summed E-state index contributed by atoms with van der Waals surface area (Å²) in [6.45, 7) is 1.46. The van der Waals surface area contributed by atoms with Crippen molar-refractivity contribution >= 4 is 5.91 Å². The number of amides is 1. The quantitative estimate of drug-likeness (QED) is 0.920. The number of rotatable bonds is 5. The third-order valence-corrected chi connectivity index (χ3v) is 4.80. The van der Waals surface area contributed by atoms with Crippen LogP contribution < -0.4 is 0 Å². The van der Waals surface area contributed by atoms with Gasteiger partial charge in [-0.05, 0) is 42.9 Å². The molecule has 0 bridgehead atoms. The molecule has 0 saturated carbocycles. The molecule has 0 spiro atoms. The van der Waals surface area contributed by atoms with E-state index < -0.39 is 6.10 Å². The van der Waals surface area contributed by atoms with Crippen LogP contribution in [-0.2, 0) is 11.2 Å². The van der Waals surface area contributed by atoms with Gasteiger partial charge in [-0.25, -0.2) is 0 Å². The highest BCUT2D eigenvalue weighted by molar-refractivity contribution is 5.76. The summed E-state index contributed by atoms with van der Waals surface area (Å²) in [7, 11) is 0. The van der Waals surface area contributed by atoms with Gasteiger partial charge in [-0.2, -0.15) is 0 Å². The standard InChI is InChI=1S/C20H24N2O2/c23-19(10-9-18-8-4-5-13-21-18)22-14-11-17(12-15-22)20(24)16-6-2-1-3-7-16/h1-8,13,17,20,24H,9-12,14-15H2. The monoisotopic (exact) mass is 324 g/mol. The van der Waals surface area contributed by atoms with E-state index in [2.05, 4.69) is 4.98 Å². The van der Waals surface area contributed by atoms with Crippen LogP contribution in [0, 0.1) is 5.92 Å². The lowest BCUT2D eigenvalue weighted by Gasteiger charge is -2.34. The molecule has 0 aliphatic carbocycles. The second-order valence-electron chi connectivity index (χ2n) is 6.39. The van der Waals surface area contributed by atoms with E-state index in [4.69, 9.17) is 0 Å². The van der Waals surface area contributed by atoms with Crippen LogP contribution in [-0.4, -0.2) is 34.0 Å². The van der Waals surface area contributed by atoms with Crippen molar-refractivity contribution in [1.82, 2.24) is 9.88 Å². The Labute approximate surface area is 143 Å². The Balaban J connectivity index is 1.47. The lowest BCUT2D eigenvalue weighted by molar-refractivity contribution is -0.133. The fourth-order valence-electron chi connectivity index (χ4n) is 3.33. The van der Waals surface area contributed by atoms with E-state index in [0.29, 0.717) is 12.8 Å². The number of hydrogen-bond acceptors (Lipinski definition) is 3. The molecule has 2 heterocycles. The van der Waals surface area contributed by atoms with Crippen molar-refractivity contribution in [3.63, 3.8) is 0 Å². The number of hydrogen-bond donors (Lipinski definition) is 1. The molecule has 4 nitrogen and oxygen atoms in total. The van der Waals surface area contributed by atoms with Crippen LogP contribution in [0.2, 0.25) is 0 Å². The number of nitrogens with zero attached hydrogens (tertiary/aromatic N) is 2. The predicted molar refractivity (Wildman–Crippen MR) is 93.3 cm³/mol. The van der Waals surface area contributed by atoms with Crippen molar-refractivity contribution in [3.05, 3.63) is 66.0 Å². The molecule has 1 N–H and O–H groups in total. The third kappa shape index (κ3) is 4.20. The minimum absolute atomic E-state index is 0.188. The van der Waals surface area contributed by atoms with E-state index in [-0.39, 0.29) is 11.8 Å². The highest BCUT2D eigenvalue weighted by Gasteiger charge is 2.27. The molecule has 4 heteroatoms. The van der Waals surface area contributed by atoms with Crippen molar-refractivity contribution in [1.29, 1.82) is 0 Å². The van der Waals surface area contributed by atoms with Crippen LogP contribution in [0.15, 0.2) is 54.7 Å². The summed E-state index contributed by atoms with van der Waals surface area (Å²) in [6, 6.07) is 15.6. The van der Waals surface area contributed by atoms with E-state index in [1.165, 1.54) is 0 Å². The molecule has 3 rings (SSSR count). The van der Waals surface area contributed by atoms with Crippen molar-refractivity contribution in [2.75, 3.05) is 13.1 Å². The fourth-order valence-corrected chi connectivity index (χ4v) is 3.33. The third-order valence-electron chi connectivity index (χ3n) is 4.80. The summed E-state index contributed by atoms with van der Waals surface area (Å²) in [5.41, 5.74) is 1.93. The number of aliphatic hydroxyl groups is 1. The molecule has 1 amide bonds. The summed E-state index contributed by atoms with van der Waals surface area (Å²) < 4.78 is 0. The molecule has 126 valence electrons. The molecule has 1 saturated heterocycles. The number of aryl methyl sites for hydroxylation is 1. The van der Waals surface area contributed by atoms with Gasteiger partial charge in [0, 0.05) is 31.4 Å². The molecule has 0 radical (unpaired) electrons. The SMILES string of the molecule is O=C(CCc1ccccn1)N1CCC(C(O)c2ccccc2)CC1. The Morgan fingerprint density at radius 2 is 1.83 bits per heavy atom. The minimum atomic E-state index is -0.433. The summed E-state index contributed by atoms with van der Waals surface area (Å²) >= 11 is 0. The Morgan fingerprint density at radius 3 is 2.50 bits per heavy atom. The van der Waals surface area contributed by atoms with Crippen LogP contribution in [0.3, 0.4) is 0 Å². The zero-order chi connectivity index (χ0) is 16.8. The number of aliphatic hydroxyl groups excluding tert-OH is 1. The van der Waals surface area contributed by atoms with Crippen LogP contribution >= 0.6 is 0 Å². The lowest BCUT2D eigenvalue weighted by atomic mass is 9.87. The van der Waals surface area contributed by atoms with Gasteiger partial charge in [0.1, 0.15) is 0 Å². The zero-order valence-electron chi connectivity index (χ0n) is 13.8. The van der Waals surface area contributed by atoms with Gasteiger partial charge >= 0.3 is 0 Å². The van der Waals surface area contributed by atoms with Gasteiger partial charge in [0.15, 0.2) is 0 Å². The molecule has 1 aliphatic heterocycles. The maximum Gasteiger partial charge on any atom is 0.222 e. The van der Waals surface area contributed by atoms with Crippen molar-refractivity contribution in [3.8, 4) is 0 Å². The first kappa shape index (κ1) is 16.7. The molecule has 1 fully saturated rings. The van der Waals surface area contributed by atoms with Crippen LogP contribution in [0.4, 0.5) is 0 Å². The summed E-state index contributed by atoms with van der Waals surface area (Å²) in [4.78, 5) is 18.5. The van der Waals surface area contributed by atoms with Gasteiger partial charge < -0.3 is 10.0 Å². The molecule has 1 unspecified atom stereocenters. The van der Waals surface area contributed by atoms with Crippen LogP contribution in [0.1, 0.15) is 36.6 Å². The Hall–Kier alpha value is -2.20. The Morgan fingerprint density at radius 1 is 1.12 bits per heavy atom. The average molecular weight is 324 g/mol. The fraction of sp³-hybridized carbons (Fsp3) is 0.400. The number of carbonyl (C=O) groups is 1. The van der Waals surface area contributed by atoms with Crippen molar-refractivity contribution < 1.29 is 9.90 Å². The van der Waals surface area contributed by atoms with Gasteiger partial charge in [-0.1, -0.05) is 36.4 Å². The molecule has 1 aliphatic rings. The second kappa shape index (κ2) is 8.06. The van der Waals surface area contributed by atoms with E-state index >= 15 is 0 Å². The number of carbonyl (C=O) groups excluding carboxylic acids is 1. The topological polar surface area (TPSA) is 53.4 Å². The Bertz CT molecular complexity index is 637. The number of pyridine rings is 1. The van der Waals surface area contributed by atoms with Gasteiger partial charge in [0.2, 0.25) is 5.91 Å². The first-order valence-electron chi connectivity index (χ1n) is 8.65. The smallest absolute Gasteiger partial charge is 0.222 e. The maximum atomic E-state index is 12.4.